The minimum Gasteiger partial charge on any atom is -0.329 e. The van der Waals surface area contributed by atoms with Crippen LogP contribution >= 0.6 is 0 Å². The SMILES string of the molecule is Cc1cccn2nc(C3(CN)CCC3)nc12. The monoisotopic (exact) mass is 216 g/mol. The standard InChI is InChI=1S/C12H16N4/c1-9-4-2-7-16-10(9)14-11(15-16)12(8-13)5-3-6-12/h2,4,7H,3,5-6,8,13H2,1H3. The second-order valence-corrected chi connectivity index (χ2v) is 4.73. The zero-order valence-corrected chi connectivity index (χ0v) is 9.48. The molecule has 2 N–H and O–H groups in total. The van der Waals surface area contributed by atoms with Crippen LogP contribution in [-0.4, -0.2) is 21.1 Å². The van der Waals surface area contributed by atoms with E-state index in [-0.39, 0.29) is 5.41 Å². The van der Waals surface area contributed by atoms with Gasteiger partial charge in [0.15, 0.2) is 11.5 Å². The van der Waals surface area contributed by atoms with Crippen molar-refractivity contribution in [2.24, 2.45) is 5.73 Å². The van der Waals surface area contributed by atoms with Crippen LogP contribution in [0.2, 0.25) is 0 Å². The molecule has 0 atom stereocenters. The Bertz CT molecular complexity index is 519. The van der Waals surface area contributed by atoms with E-state index < -0.39 is 0 Å². The smallest absolute Gasteiger partial charge is 0.159 e. The first-order valence-corrected chi connectivity index (χ1v) is 5.78. The van der Waals surface area contributed by atoms with Crippen molar-refractivity contribution >= 4 is 5.65 Å². The molecular weight excluding hydrogens is 200 g/mol. The van der Waals surface area contributed by atoms with E-state index >= 15 is 0 Å². The molecule has 0 aromatic carbocycles. The van der Waals surface area contributed by atoms with E-state index in [1.54, 1.807) is 0 Å². The molecule has 3 rings (SSSR count). The zero-order valence-electron chi connectivity index (χ0n) is 9.48. The minimum absolute atomic E-state index is 0.0540. The van der Waals surface area contributed by atoms with Gasteiger partial charge in [-0.25, -0.2) is 9.50 Å². The maximum absolute atomic E-state index is 5.87. The number of pyridine rings is 1. The Morgan fingerprint density at radius 2 is 2.31 bits per heavy atom. The van der Waals surface area contributed by atoms with E-state index in [0.717, 1.165) is 29.9 Å². The summed E-state index contributed by atoms with van der Waals surface area (Å²) >= 11 is 0. The molecule has 0 amide bonds. The molecular formula is C12H16N4. The third-order valence-corrected chi connectivity index (χ3v) is 3.73. The molecule has 0 saturated heterocycles. The normalized spacial score (nSPS) is 18.6. The Morgan fingerprint density at radius 3 is 2.88 bits per heavy atom. The first-order valence-electron chi connectivity index (χ1n) is 5.78. The molecule has 84 valence electrons. The molecule has 16 heavy (non-hydrogen) atoms. The Kier molecular flexibility index (Phi) is 2.01. The second kappa shape index (κ2) is 3.28. The molecule has 4 heteroatoms. The van der Waals surface area contributed by atoms with Gasteiger partial charge in [0.25, 0.3) is 0 Å². The third-order valence-electron chi connectivity index (χ3n) is 3.73. The quantitative estimate of drug-likeness (QED) is 0.826. The molecule has 0 radical (unpaired) electrons. The van der Waals surface area contributed by atoms with Gasteiger partial charge in [-0.05, 0) is 31.4 Å². The third kappa shape index (κ3) is 1.19. The molecule has 0 aliphatic heterocycles. The number of nitrogens with two attached hydrogens (primary N) is 1. The van der Waals surface area contributed by atoms with Crippen LogP contribution < -0.4 is 5.73 Å². The maximum Gasteiger partial charge on any atom is 0.159 e. The zero-order chi connectivity index (χ0) is 11.2. The summed E-state index contributed by atoms with van der Waals surface area (Å²) in [7, 11) is 0. The number of aryl methyl sites for hydroxylation is 1. The van der Waals surface area contributed by atoms with Crippen LogP contribution in [0.4, 0.5) is 0 Å². The van der Waals surface area contributed by atoms with Crippen molar-refractivity contribution in [1.29, 1.82) is 0 Å². The molecule has 0 bridgehead atoms. The van der Waals surface area contributed by atoms with Crippen molar-refractivity contribution in [2.75, 3.05) is 6.54 Å². The predicted molar refractivity (Wildman–Crippen MR) is 62.3 cm³/mol. The Morgan fingerprint density at radius 1 is 1.50 bits per heavy atom. The van der Waals surface area contributed by atoms with Gasteiger partial charge in [0.05, 0.1) is 0 Å². The second-order valence-electron chi connectivity index (χ2n) is 4.73. The van der Waals surface area contributed by atoms with E-state index in [9.17, 15) is 0 Å². The summed E-state index contributed by atoms with van der Waals surface area (Å²) in [4.78, 5) is 4.65. The molecule has 4 nitrogen and oxygen atoms in total. The molecule has 2 aromatic heterocycles. The highest BCUT2D eigenvalue weighted by molar-refractivity contribution is 5.46. The predicted octanol–water partition coefficient (Wildman–Crippen LogP) is 1.42. The summed E-state index contributed by atoms with van der Waals surface area (Å²) < 4.78 is 1.86. The van der Waals surface area contributed by atoms with Gasteiger partial charge in [-0.15, -0.1) is 0 Å². The fourth-order valence-electron chi connectivity index (χ4n) is 2.39. The summed E-state index contributed by atoms with van der Waals surface area (Å²) in [6.45, 7) is 2.71. The van der Waals surface area contributed by atoms with E-state index in [4.69, 9.17) is 5.73 Å². The van der Waals surface area contributed by atoms with E-state index in [1.807, 2.05) is 16.8 Å². The van der Waals surface area contributed by atoms with Crippen LogP contribution in [0.1, 0.15) is 30.7 Å². The van der Waals surface area contributed by atoms with Crippen molar-refractivity contribution in [1.82, 2.24) is 14.6 Å². The first-order chi connectivity index (χ1) is 7.75. The summed E-state index contributed by atoms with van der Waals surface area (Å²) in [5, 5.41) is 4.56. The van der Waals surface area contributed by atoms with Crippen molar-refractivity contribution in [3.05, 3.63) is 29.7 Å². The van der Waals surface area contributed by atoms with Gasteiger partial charge in [-0.2, -0.15) is 5.10 Å². The Balaban J connectivity index is 2.15. The van der Waals surface area contributed by atoms with Crippen molar-refractivity contribution in [2.45, 2.75) is 31.6 Å². The van der Waals surface area contributed by atoms with Crippen molar-refractivity contribution in [3.63, 3.8) is 0 Å². The summed E-state index contributed by atoms with van der Waals surface area (Å²) in [6.07, 6.45) is 5.44. The molecule has 0 spiro atoms. The number of aromatic nitrogens is 3. The lowest BCUT2D eigenvalue weighted by Gasteiger charge is -2.38. The average Bonchev–Trinajstić information content (AvgIpc) is 2.62. The Hall–Kier alpha value is -1.42. The van der Waals surface area contributed by atoms with Crippen molar-refractivity contribution in [3.8, 4) is 0 Å². The van der Waals surface area contributed by atoms with Crippen LogP contribution in [0.5, 0.6) is 0 Å². The van der Waals surface area contributed by atoms with Gasteiger partial charge in [-0.1, -0.05) is 12.5 Å². The fraction of sp³-hybridized carbons (Fsp3) is 0.500. The Labute approximate surface area is 94.5 Å². The summed E-state index contributed by atoms with van der Waals surface area (Å²) in [6, 6.07) is 4.06. The van der Waals surface area contributed by atoms with Gasteiger partial charge in [0, 0.05) is 18.2 Å². The van der Waals surface area contributed by atoms with Crippen LogP contribution in [0, 0.1) is 6.92 Å². The lowest BCUT2D eigenvalue weighted by molar-refractivity contribution is 0.238. The van der Waals surface area contributed by atoms with Crippen LogP contribution in [0.15, 0.2) is 18.3 Å². The molecule has 2 heterocycles. The lowest BCUT2D eigenvalue weighted by Crippen LogP contribution is -2.42. The molecule has 1 aliphatic carbocycles. The van der Waals surface area contributed by atoms with E-state index in [2.05, 4.69) is 23.1 Å². The first kappa shape index (κ1) is 9.78. The lowest BCUT2D eigenvalue weighted by atomic mass is 9.68. The van der Waals surface area contributed by atoms with Crippen LogP contribution in [-0.2, 0) is 5.41 Å². The molecule has 2 aromatic rings. The van der Waals surface area contributed by atoms with Crippen LogP contribution in [0.25, 0.3) is 5.65 Å². The molecule has 1 fully saturated rings. The summed E-state index contributed by atoms with van der Waals surface area (Å²) in [5.41, 5.74) is 8.04. The maximum atomic E-state index is 5.87. The number of hydrogen-bond acceptors (Lipinski definition) is 3. The number of rotatable bonds is 2. The van der Waals surface area contributed by atoms with Crippen molar-refractivity contribution < 1.29 is 0 Å². The highest BCUT2D eigenvalue weighted by atomic mass is 15.3. The number of fused-ring (bicyclic) bond motifs is 1. The summed E-state index contributed by atoms with van der Waals surface area (Å²) in [5.74, 6) is 0.926. The van der Waals surface area contributed by atoms with Gasteiger partial charge in [-0.3, -0.25) is 0 Å². The number of nitrogens with zero attached hydrogens (tertiary/aromatic N) is 3. The molecule has 0 unspecified atom stereocenters. The molecule has 1 saturated carbocycles. The van der Waals surface area contributed by atoms with Gasteiger partial charge in [0.2, 0.25) is 0 Å². The average molecular weight is 216 g/mol. The van der Waals surface area contributed by atoms with Crippen LogP contribution in [0.3, 0.4) is 0 Å². The largest absolute Gasteiger partial charge is 0.329 e. The van der Waals surface area contributed by atoms with Gasteiger partial charge >= 0.3 is 0 Å². The van der Waals surface area contributed by atoms with E-state index in [0.29, 0.717) is 6.54 Å². The topological polar surface area (TPSA) is 56.2 Å². The molecule has 1 aliphatic rings. The van der Waals surface area contributed by atoms with Gasteiger partial charge < -0.3 is 5.73 Å². The highest BCUT2D eigenvalue weighted by Gasteiger charge is 2.41. The van der Waals surface area contributed by atoms with Gasteiger partial charge in [0.1, 0.15) is 0 Å². The fourth-order valence-corrected chi connectivity index (χ4v) is 2.39. The minimum atomic E-state index is 0.0540. The number of hydrogen-bond donors (Lipinski definition) is 1. The van der Waals surface area contributed by atoms with E-state index in [1.165, 1.54) is 6.42 Å². The highest BCUT2D eigenvalue weighted by Crippen LogP contribution is 2.41.